The molecule has 0 aromatic carbocycles. The van der Waals surface area contributed by atoms with Gasteiger partial charge in [0.2, 0.25) is 35.3 Å². The van der Waals surface area contributed by atoms with Gasteiger partial charge in [-0.2, -0.15) is 20.4 Å². The van der Waals surface area contributed by atoms with Crippen LogP contribution in [0.15, 0.2) is 54.9 Å². The number of aromatic amines is 1. The van der Waals surface area contributed by atoms with Crippen molar-refractivity contribution in [2.75, 3.05) is 64.1 Å². The van der Waals surface area contributed by atoms with Crippen molar-refractivity contribution < 1.29 is 45.0 Å². The highest BCUT2D eigenvalue weighted by Crippen LogP contribution is 2.42. The number of H-pyrrole nitrogens is 1. The summed E-state index contributed by atoms with van der Waals surface area (Å²) in [6.07, 6.45) is 2.93. The Bertz CT molecular complexity index is 4500. The zero-order valence-electron chi connectivity index (χ0n) is 61.1. The molecule has 0 saturated heterocycles. The summed E-state index contributed by atoms with van der Waals surface area (Å²) in [5, 5.41) is 64.0. The number of nitrogen functional groups attached to an aromatic ring is 1. The molecule has 0 bridgehead atoms. The number of rotatable bonds is 16. The number of aryl methyl sites for hydroxylation is 9. The van der Waals surface area contributed by atoms with E-state index in [1.807, 2.05) is 103 Å². The van der Waals surface area contributed by atoms with E-state index in [1.54, 1.807) is 40.5 Å². The van der Waals surface area contributed by atoms with Crippen LogP contribution in [-0.2, 0) is 7.05 Å². The molecule has 0 amide bonds. The van der Waals surface area contributed by atoms with Gasteiger partial charge in [0.25, 0.3) is 0 Å². The maximum Gasteiger partial charge on any atom is 0.334 e. The summed E-state index contributed by atoms with van der Waals surface area (Å²) in [6, 6.07) is 13.8. The van der Waals surface area contributed by atoms with Crippen LogP contribution in [0, 0.1) is 75.6 Å². The zero-order valence-corrected chi connectivity index (χ0v) is 61.9. The van der Waals surface area contributed by atoms with E-state index in [0.717, 1.165) is 62.3 Å². The van der Waals surface area contributed by atoms with Crippen LogP contribution in [0.4, 0.5) is 92.5 Å². The highest BCUT2D eigenvalue weighted by Gasteiger charge is 2.40. The molecule has 4 aliphatic rings. The number of nitrogens with two attached hydrogens (primary N) is 1. The molecule has 4 aliphatic carbocycles. The van der Waals surface area contributed by atoms with Crippen LogP contribution >= 0.6 is 11.6 Å². The molecule has 0 atom stereocenters. The SMILES string of the molecule is CNc1cc(-n2nc(C)cc2C)nc(NC2CCC(F)(F)CC2)c1N.CNc1cc(-n2nc(C)cc2C)nc(NC2CCC(F)(F)CC2)c1[N+](=O)[O-].CNc1cc(Cl)nc(NC2CCC(F)(F)CC2)c1[N+](=O)[O-].Cc1cc(C)[nH]n1.Cc1cc(C)n(-c2cc3c(ncn3C)c(NC3CCC(F)(F)CC3)n2)n1. The number of fused-ring (bicyclic) bond motifs is 1. The fourth-order valence-corrected chi connectivity index (χ4v) is 13.2. The van der Waals surface area contributed by atoms with Gasteiger partial charge in [0.1, 0.15) is 22.0 Å². The molecule has 0 spiro atoms. The van der Waals surface area contributed by atoms with Gasteiger partial charge in [-0.1, -0.05) is 11.6 Å². The number of alkyl halides is 8. The largest absolute Gasteiger partial charge is 0.394 e. The van der Waals surface area contributed by atoms with E-state index in [2.05, 4.69) is 82.6 Å². The van der Waals surface area contributed by atoms with Crippen LogP contribution in [0.3, 0.4) is 0 Å². The minimum Gasteiger partial charge on any atom is -0.394 e. The number of imidazole rings is 1. The van der Waals surface area contributed by atoms with Gasteiger partial charge in [-0.25, -0.2) is 74.1 Å². The van der Waals surface area contributed by atoms with Gasteiger partial charge in [-0.05, 0) is 131 Å². The lowest BCUT2D eigenvalue weighted by Gasteiger charge is -2.29. The number of aromatic nitrogens is 14. The lowest BCUT2D eigenvalue weighted by atomic mass is 9.92. The third-order valence-electron chi connectivity index (χ3n) is 18.6. The van der Waals surface area contributed by atoms with Gasteiger partial charge >= 0.3 is 11.4 Å². The molecule has 9 heterocycles. The van der Waals surface area contributed by atoms with E-state index in [-0.39, 0.29) is 141 Å². The Balaban J connectivity index is 0.000000159. The Morgan fingerprint density at radius 2 is 0.821 bits per heavy atom. The second-order valence-electron chi connectivity index (χ2n) is 27.3. The molecule has 4 fully saturated rings. The molecule has 9 aromatic heterocycles. The quantitative estimate of drug-likeness (QED) is 0.0188. The third kappa shape index (κ3) is 20.7. The minimum atomic E-state index is -2.67. The maximum absolute atomic E-state index is 13.4. The van der Waals surface area contributed by atoms with Gasteiger partial charge in [0.05, 0.1) is 55.8 Å². The van der Waals surface area contributed by atoms with Gasteiger partial charge < -0.3 is 47.5 Å². The Hall–Kier alpha value is -10.2. The Morgan fingerprint density at radius 1 is 0.481 bits per heavy atom. The molecule has 9 aromatic rings. The van der Waals surface area contributed by atoms with Crippen LogP contribution in [0.5, 0.6) is 0 Å². The van der Waals surface area contributed by atoms with Crippen molar-refractivity contribution in [1.29, 1.82) is 0 Å². The van der Waals surface area contributed by atoms with E-state index in [0.29, 0.717) is 60.5 Å². The van der Waals surface area contributed by atoms with E-state index in [4.69, 9.17) is 22.3 Å². The van der Waals surface area contributed by atoms with Crippen molar-refractivity contribution in [1.82, 2.24) is 69.0 Å². The molecule has 106 heavy (non-hydrogen) atoms. The first-order valence-electron chi connectivity index (χ1n) is 34.8. The molecule has 0 radical (unpaired) electrons. The summed E-state index contributed by atoms with van der Waals surface area (Å²) in [5.74, 6) is -7.48. The number of nitrogens with one attached hydrogen (secondary N) is 8. The first-order valence-corrected chi connectivity index (χ1v) is 35.2. The number of anilines is 8. The summed E-state index contributed by atoms with van der Waals surface area (Å²) < 4.78 is 114. The average Bonchev–Trinajstić information content (AvgIpc) is 1.55. The average molecular weight is 1510 g/mol. The minimum absolute atomic E-state index is 0.00654. The number of hydrogen-bond donors (Lipinski definition) is 9. The van der Waals surface area contributed by atoms with E-state index >= 15 is 0 Å². The molecule has 13 rings (SSSR count). The fraction of sp³-hybridized carbons (Fsp3) is 0.522. The second-order valence-corrected chi connectivity index (χ2v) is 27.7. The van der Waals surface area contributed by atoms with Crippen molar-refractivity contribution in [2.45, 2.75) is 206 Å². The second kappa shape index (κ2) is 33.5. The van der Waals surface area contributed by atoms with E-state index in [1.165, 1.54) is 13.1 Å². The lowest BCUT2D eigenvalue weighted by Crippen LogP contribution is -2.32. The molecule has 0 unspecified atom stereocenters. The normalized spacial score (nSPS) is 17.0. The predicted octanol–water partition coefficient (Wildman–Crippen LogP) is 15.8. The van der Waals surface area contributed by atoms with Crippen molar-refractivity contribution in [3.8, 4) is 17.5 Å². The third-order valence-corrected chi connectivity index (χ3v) is 18.8. The van der Waals surface area contributed by atoms with Gasteiger partial charge in [-0.15, -0.1) is 0 Å². The Labute approximate surface area is 612 Å². The molecule has 574 valence electrons. The predicted molar refractivity (Wildman–Crippen MR) is 394 cm³/mol. The summed E-state index contributed by atoms with van der Waals surface area (Å²) in [4.78, 5) is 43.7. The highest BCUT2D eigenvalue weighted by atomic mass is 35.5. The van der Waals surface area contributed by atoms with E-state index in [9.17, 15) is 55.4 Å². The van der Waals surface area contributed by atoms with Crippen LogP contribution in [-0.4, -0.2) is 148 Å². The van der Waals surface area contributed by atoms with Crippen molar-refractivity contribution >= 4 is 80.0 Å². The van der Waals surface area contributed by atoms with Crippen LogP contribution < -0.4 is 43.0 Å². The summed E-state index contributed by atoms with van der Waals surface area (Å²) in [5.41, 5.74) is 16.7. The molecule has 10 N–H and O–H groups in total. The van der Waals surface area contributed by atoms with Gasteiger partial charge in [0.15, 0.2) is 29.1 Å². The van der Waals surface area contributed by atoms with E-state index < -0.39 is 33.5 Å². The molecule has 37 heteroatoms. The van der Waals surface area contributed by atoms with Crippen molar-refractivity contribution in [3.05, 3.63) is 126 Å². The summed E-state index contributed by atoms with van der Waals surface area (Å²) in [7, 11) is 6.81. The number of nitrogens with zero attached hydrogens (tertiary/aromatic N) is 15. The van der Waals surface area contributed by atoms with Gasteiger partial charge in [-0.3, -0.25) is 25.3 Å². The number of pyridine rings is 4. The summed E-state index contributed by atoms with van der Waals surface area (Å²) in [6.45, 7) is 15.4. The monoisotopic (exact) mass is 1510 g/mol. The van der Waals surface area contributed by atoms with Gasteiger partial charge in [0, 0.05) is 151 Å². The topological polar surface area (TPSA) is 348 Å². The smallest absolute Gasteiger partial charge is 0.334 e. The molecule has 28 nitrogen and oxygen atoms in total. The number of halogens is 9. The molecule has 4 saturated carbocycles. The van der Waals surface area contributed by atoms with Crippen LogP contribution in [0.1, 0.15) is 148 Å². The first kappa shape index (κ1) is 79.9. The Morgan fingerprint density at radius 3 is 1.16 bits per heavy atom. The summed E-state index contributed by atoms with van der Waals surface area (Å²) >= 11 is 5.83. The standard InChI is InChI=1S/C18H22F2N6.C17H22F2N6O2.C17H24F2N6.C12H15ClF2N4O2.C5H8N2/c1-11-8-12(2)26(24-11)15-9-14-16(21-10-25(14)3)17(23-15)22-13-4-6-18(19,20)7-5-13;1-10-8-11(2)24(23-10)14-9-13(20-3)15(25(26)27)16(22-14)21-12-4-6-17(18,19)7-5-12;1-10-8-11(2)25(24-10)14-9-13(21-3)15(20)16(23-14)22-12-4-6-17(18,19)7-5-12;1-16-8-6-9(13)18-11(10(8)19(20)21)17-7-2-4-12(14,15)5-3-7;1-4-3-5(2)7-6-4/h8-10,13H,4-7H2,1-3H3,(H,22,23);8-9,12H,4-7H2,1-3H3,(H2,20,21,22);8-9,12H,4-7,20H2,1-3H3,(H2,21,22,23);6-7H,2-5H2,1H3,(H2,16,17,18);3H,1-2H3,(H,6,7). The zero-order chi connectivity index (χ0) is 77.3. The maximum atomic E-state index is 13.4. The first-order chi connectivity index (χ1) is 49.9. The van der Waals surface area contributed by atoms with Crippen molar-refractivity contribution in [2.24, 2.45) is 7.05 Å². The van der Waals surface area contributed by atoms with Crippen molar-refractivity contribution in [3.63, 3.8) is 0 Å². The molecule has 0 aliphatic heterocycles. The Kier molecular flexibility index (Phi) is 25.3. The highest BCUT2D eigenvalue weighted by molar-refractivity contribution is 6.30. The van der Waals surface area contributed by atoms with Crippen LogP contribution in [0.2, 0.25) is 5.15 Å². The lowest BCUT2D eigenvalue weighted by molar-refractivity contribution is -0.383. The molecular weight excluding hydrogens is 1420 g/mol. The van der Waals surface area contributed by atoms with Crippen LogP contribution in [0.25, 0.3) is 28.5 Å². The number of nitro groups is 2. The fourth-order valence-electron chi connectivity index (χ4n) is 13.0. The number of hydrogen-bond acceptors (Lipinski definition) is 21. The molecular formula is C69H91ClF8N24O4.